The molecule has 1 aliphatic heterocycles. The van der Waals surface area contributed by atoms with Crippen LogP contribution in [0.3, 0.4) is 0 Å². The van der Waals surface area contributed by atoms with Crippen LogP contribution in [-0.4, -0.2) is 13.2 Å². The van der Waals surface area contributed by atoms with Crippen LogP contribution in [0.25, 0.3) is 0 Å². The molecule has 114 valence electrons. The summed E-state index contributed by atoms with van der Waals surface area (Å²) in [7, 11) is 0. The maximum atomic E-state index is 6.27. The molecule has 4 rings (SSSR count). The van der Waals surface area contributed by atoms with Crippen LogP contribution < -0.4 is 4.90 Å². The quantitative estimate of drug-likeness (QED) is 0.822. The summed E-state index contributed by atoms with van der Waals surface area (Å²) in [5.74, 6) is 0.891. The van der Waals surface area contributed by atoms with Crippen molar-refractivity contribution >= 4 is 5.69 Å². The summed E-state index contributed by atoms with van der Waals surface area (Å²) < 4.78 is 6.27. The summed E-state index contributed by atoms with van der Waals surface area (Å²) in [5.41, 5.74) is 4.09. The van der Waals surface area contributed by atoms with Crippen LogP contribution in [0.5, 0.6) is 0 Å². The van der Waals surface area contributed by atoms with E-state index < -0.39 is 0 Å². The number of anilines is 1. The highest BCUT2D eigenvalue weighted by molar-refractivity contribution is 5.47. The van der Waals surface area contributed by atoms with E-state index >= 15 is 0 Å². The van der Waals surface area contributed by atoms with Crippen LogP contribution in [0.15, 0.2) is 54.6 Å². The fourth-order valence-corrected chi connectivity index (χ4v) is 3.38. The number of fused-ring (bicyclic) bond motifs is 1. The molecular weight excluding hydrogens is 270 g/mol. The summed E-state index contributed by atoms with van der Waals surface area (Å²) >= 11 is 0. The van der Waals surface area contributed by atoms with E-state index in [0.29, 0.717) is 6.10 Å². The summed E-state index contributed by atoms with van der Waals surface area (Å²) in [5, 5.41) is 0. The Hall–Kier alpha value is -1.80. The number of hydrogen-bond donors (Lipinski definition) is 0. The fourth-order valence-electron chi connectivity index (χ4n) is 3.38. The molecule has 0 bridgehead atoms. The highest BCUT2D eigenvalue weighted by Gasteiger charge is 2.29. The zero-order valence-corrected chi connectivity index (χ0v) is 12.9. The van der Waals surface area contributed by atoms with Gasteiger partial charge in [0.2, 0.25) is 0 Å². The van der Waals surface area contributed by atoms with Gasteiger partial charge < -0.3 is 9.64 Å². The normalized spacial score (nSPS) is 21.8. The molecule has 2 aromatic rings. The number of para-hydroxylation sites is 1. The van der Waals surface area contributed by atoms with Gasteiger partial charge in [-0.2, -0.15) is 0 Å². The van der Waals surface area contributed by atoms with E-state index in [1.165, 1.54) is 36.1 Å². The van der Waals surface area contributed by atoms with Gasteiger partial charge in [-0.25, -0.2) is 0 Å². The minimum atomic E-state index is 0.293. The predicted molar refractivity (Wildman–Crippen MR) is 90.0 cm³/mol. The van der Waals surface area contributed by atoms with Crippen molar-refractivity contribution in [3.63, 3.8) is 0 Å². The molecule has 1 fully saturated rings. The van der Waals surface area contributed by atoms with Crippen molar-refractivity contribution < 1.29 is 4.74 Å². The Balaban J connectivity index is 1.62. The molecule has 22 heavy (non-hydrogen) atoms. The van der Waals surface area contributed by atoms with E-state index in [1.54, 1.807) is 0 Å². The van der Waals surface area contributed by atoms with Gasteiger partial charge in [0.05, 0.1) is 12.7 Å². The van der Waals surface area contributed by atoms with Crippen molar-refractivity contribution in [2.75, 3.05) is 18.1 Å². The first-order chi connectivity index (χ1) is 10.9. The average molecular weight is 293 g/mol. The third kappa shape index (κ3) is 3.02. The fraction of sp³-hybridized carbons (Fsp3) is 0.400. The molecule has 1 unspecified atom stereocenters. The molecule has 0 saturated heterocycles. The Morgan fingerprint density at radius 1 is 0.955 bits per heavy atom. The first kappa shape index (κ1) is 13.8. The van der Waals surface area contributed by atoms with E-state index in [4.69, 9.17) is 4.74 Å². The summed E-state index contributed by atoms with van der Waals surface area (Å²) in [6.07, 6.45) is 4.26. The molecule has 0 spiro atoms. The van der Waals surface area contributed by atoms with Gasteiger partial charge in [-0.05, 0) is 35.6 Å². The maximum Gasteiger partial charge on any atom is 0.0831 e. The van der Waals surface area contributed by atoms with Gasteiger partial charge in [0.15, 0.2) is 0 Å². The standard InChI is InChI=1S/C20H23NO/c1-2-7-18(8-3-1)21-12-13-22-20(14-16-10-11-16)19-9-5-4-6-17(19)15-21/h1-9,16,20H,10-15H2. The zero-order valence-electron chi connectivity index (χ0n) is 12.9. The Morgan fingerprint density at radius 3 is 2.55 bits per heavy atom. The summed E-state index contributed by atoms with van der Waals surface area (Å²) in [4.78, 5) is 2.42. The van der Waals surface area contributed by atoms with Crippen molar-refractivity contribution in [1.82, 2.24) is 0 Å². The third-order valence-electron chi connectivity index (χ3n) is 4.81. The first-order valence-corrected chi connectivity index (χ1v) is 8.39. The summed E-state index contributed by atoms with van der Waals surface area (Å²) in [6, 6.07) is 19.5. The Labute approximate surface area is 132 Å². The van der Waals surface area contributed by atoms with Crippen LogP contribution in [0.2, 0.25) is 0 Å². The highest BCUT2D eigenvalue weighted by atomic mass is 16.5. The molecule has 1 saturated carbocycles. The maximum absolute atomic E-state index is 6.27. The second-order valence-electron chi connectivity index (χ2n) is 6.49. The van der Waals surface area contributed by atoms with Gasteiger partial charge in [-0.3, -0.25) is 0 Å². The van der Waals surface area contributed by atoms with Gasteiger partial charge in [0, 0.05) is 18.8 Å². The van der Waals surface area contributed by atoms with E-state index in [0.717, 1.165) is 25.6 Å². The second-order valence-corrected chi connectivity index (χ2v) is 6.49. The average Bonchev–Trinajstić information content (AvgIpc) is 3.36. The Morgan fingerprint density at radius 2 is 1.73 bits per heavy atom. The minimum Gasteiger partial charge on any atom is -0.372 e. The van der Waals surface area contributed by atoms with E-state index in [9.17, 15) is 0 Å². The summed E-state index contributed by atoms with van der Waals surface area (Å²) in [6.45, 7) is 2.74. The Kier molecular flexibility index (Phi) is 3.86. The van der Waals surface area contributed by atoms with Crippen LogP contribution in [-0.2, 0) is 11.3 Å². The first-order valence-electron chi connectivity index (χ1n) is 8.39. The zero-order chi connectivity index (χ0) is 14.8. The van der Waals surface area contributed by atoms with Gasteiger partial charge >= 0.3 is 0 Å². The van der Waals surface area contributed by atoms with E-state index in [-0.39, 0.29) is 0 Å². The van der Waals surface area contributed by atoms with Gasteiger partial charge in [0.1, 0.15) is 0 Å². The monoisotopic (exact) mass is 293 g/mol. The van der Waals surface area contributed by atoms with Crippen molar-refractivity contribution in [3.8, 4) is 0 Å². The van der Waals surface area contributed by atoms with Crippen molar-refractivity contribution in [1.29, 1.82) is 0 Å². The van der Waals surface area contributed by atoms with E-state index in [1.807, 2.05) is 0 Å². The van der Waals surface area contributed by atoms with Crippen molar-refractivity contribution in [2.45, 2.75) is 31.9 Å². The molecule has 1 aliphatic carbocycles. The topological polar surface area (TPSA) is 12.5 Å². The van der Waals surface area contributed by atoms with Crippen LogP contribution in [0.4, 0.5) is 5.69 Å². The lowest BCUT2D eigenvalue weighted by Gasteiger charge is -2.31. The van der Waals surface area contributed by atoms with Crippen LogP contribution in [0, 0.1) is 5.92 Å². The molecule has 2 heteroatoms. The second kappa shape index (κ2) is 6.13. The molecule has 2 aliphatic rings. The van der Waals surface area contributed by atoms with Crippen LogP contribution >= 0.6 is 0 Å². The number of benzene rings is 2. The largest absolute Gasteiger partial charge is 0.372 e. The molecule has 1 atom stereocenters. The van der Waals surface area contributed by atoms with Crippen LogP contribution in [0.1, 0.15) is 36.5 Å². The molecular formula is C20H23NO. The lowest BCUT2D eigenvalue weighted by Crippen LogP contribution is -2.30. The van der Waals surface area contributed by atoms with Gasteiger partial charge in [-0.15, -0.1) is 0 Å². The number of nitrogens with zero attached hydrogens (tertiary/aromatic N) is 1. The van der Waals surface area contributed by atoms with Gasteiger partial charge in [0.25, 0.3) is 0 Å². The van der Waals surface area contributed by atoms with Crippen molar-refractivity contribution in [2.24, 2.45) is 5.92 Å². The Bertz CT molecular complexity index is 621. The SMILES string of the molecule is c1ccc(N2CCOC(CC3CC3)c3ccccc3C2)cc1. The van der Waals surface area contributed by atoms with Gasteiger partial charge in [-0.1, -0.05) is 55.3 Å². The van der Waals surface area contributed by atoms with E-state index in [2.05, 4.69) is 59.5 Å². The predicted octanol–water partition coefficient (Wildman–Crippen LogP) is 4.56. The molecule has 0 radical (unpaired) electrons. The smallest absolute Gasteiger partial charge is 0.0831 e. The highest BCUT2D eigenvalue weighted by Crippen LogP contribution is 2.40. The number of ether oxygens (including phenoxy) is 1. The molecule has 2 aromatic carbocycles. The molecule has 1 heterocycles. The molecule has 0 amide bonds. The number of hydrogen-bond acceptors (Lipinski definition) is 2. The lowest BCUT2D eigenvalue weighted by atomic mass is 9.97. The number of rotatable bonds is 3. The molecule has 0 N–H and O–H groups in total. The third-order valence-corrected chi connectivity index (χ3v) is 4.81. The molecule has 0 aromatic heterocycles. The van der Waals surface area contributed by atoms with Crippen molar-refractivity contribution in [3.05, 3.63) is 65.7 Å². The minimum absolute atomic E-state index is 0.293. The lowest BCUT2D eigenvalue weighted by molar-refractivity contribution is 0.0440. The molecule has 2 nitrogen and oxygen atoms in total.